The Kier molecular flexibility index (Phi) is 5.46. The summed E-state index contributed by atoms with van der Waals surface area (Å²) < 4.78 is 5.90. The maximum Gasteiger partial charge on any atom is 0.262 e. The lowest BCUT2D eigenvalue weighted by molar-refractivity contribution is -0.118. The zero-order valence-electron chi connectivity index (χ0n) is 18.0. The molecule has 0 aliphatic carbocycles. The molecule has 5 nitrogen and oxygen atoms in total. The summed E-state index contributed by atoms with van der Waals surface area (Å²) in [6, 6.07) is 26.2. The lowest BCUT2D eigenvalue weighted by atomic mass is 10.00. The van der Waals surface area contributed by atoms with Crippen LogP contribution in [0.25, 0.3) is 10.9 Å². The maximum absolute atomic E-state index is 12.4. The van der Waals surface area contributed by atoms with Crippen molar-refractivity contribution < 1.29 is 9.53 Å². The number of rotatable bonds is 5. The number of aryl methyl sites for hydroxylation is 1. The molecule has 1 aromatic heterocycles. The van der Waals surface area contributed by atoms with Crippen LogP contribution in [-0.4, -0.2) is 24.0 Å². The third-order valence-electron chi connectivity index (χ3n) is 5.90. The molecule has 1 N–H and O–H groups in total. The van der Waals surface area contributed by atoms with Crippen LogP contribution in [0.2, 0.25) is 0 Å². The highest BCUT2D eigenvalue weighted by molar-refractivity contribution is 5.93. The van der Waals surface area contributed by atoms with Crippen LogP contribution in [0.4, 0.5) is 11.5 Å². The highest BCUT2D eigenvalue weighted by atomic mass is 16.5. The average Bonchev–Trinajstić information content (AvgIpc) is 2.83. The van der Waals surface area contributed by atoms with Crippen LogP contribution in [0, 0.1) is 6.92 Å². The van der Waals surface area contributed by atoms with E-state index in [-0.39, 0.29) is 12.5 Å². The van der Waals surface area contributed by atoms with E-state index in [1.807, 2.05) is 49.4 Å². The summed E-state index contributed by atoms with van der Waals surface area (Å²) in [5, 5.41) is 3.90. The SMILES string of the molecule is Cc1ccccc1NC(=O)COc1cccc2ccc(N3CCc4ccccc4C3)nc12. The van der Waals surface area contributed by atoms with Crippen molar-refractivity contribution in [3.63, 3.8) is 0 Å². The lowest BCUT2D eigenvalue weighted by Gasteiger charge is -2.30. The minimum Gasteiger partial charge on any atom is -0.481 e. The third kappa shape index (κ3) is 4.14. The standard InChI is InChI=1S/C27H25N3O2/c1-19-7-2-5-11-23(19)28-26(31)18-32-24-12-6-10-21-13-14-25(29-27(21)24)30-16-15-20-8-3-4-9-22(20)17-30/h2-14H,15-18H2,1H3,(H,28,31). The van der Waals surface area contributed by atoms with Gasteiger partial charge in [0, 0.05) is 24.2 Å². The number of hydrogen-bond donors (Lipinski definition) is 1. The van der Waals surface area contributed by atoms with Gasteiger partial charge in [-0.3, -0.25) is 4.79 Å². The smallest absolute Gasteiger partial charge is 0.262 e. The van der Waals surface area contributed by atoms with Crippen molar-refractivity contribution in [1.29, 1.82) is 0 Å². The summed E-state index contributed by atoms with van der Waals surface area (Å²) in [5.41, 5.74) is 5.34. The van der Waals surface area contributed by atoms with Gasteiger partial charge in [-0.2, -0.15) is 0 Å². The summed E-state index contributed by atoms with van der Waals surface area (Å²) in [5.74, 6) is 1.34. The second-order valence-corrected chi connectivity index (χ2v) is 8.09. The van der Waals surface area contributed by atoms with E-state index >= 15 is 0 Å². The van der Waals surface area contributed by atoms with Crippen LogP contribution in [0.5, 0.6) is 5.75 Å². The number of nitrogens with one attached hydrogen (secondary N) is 1. The number of amides is 1. The monoisotopic (exact) mass is 423 g/mol. The number of ether oxygens (including phenoxy) is 1. The number of anilines is 2. The van der Waals surface area contributed by atoms with Crippen LogP contribution in [-0.2, 0) is 17.8 Å². The van der Waals surface area contributed by atoms with E-state index in [1.165, 1.54) is 11.1 Å². The van der Waals surface area contributed by atoms with Gasteiger partial charge in [-0.1, -0.05) is 54.6 Å². The van der Waals surface area contributed by atoms with Crippen LogP contribution < -0.4 is 15.0 Å². The summed E-state index contributed by atoms with van der Waals surface area (Å²) in [6.45, 7) is 3.66. The van der Waals surface area contributed by atoms with E-state index in [4.69, 9.17) is 9.72 Å². The number of pyridine rings is 1. The van der Waals surface area contributed by atoms with Gasteiger partial charge >= 0.3 is 0 Å². The molecule has 0 bridgehead atoms. The average molecular weight is 424 g/mol. The van der Waals surface area contributed by atoms with E-state index in [2.05, 4.69) is 46.6 Å². The van der Waals surface area contributed by atoms with Crippen LogP contribution in [0.1, 0.15) is 16.7 Å². The van der Waals surface area contributed by atoms with Crippen LogP contribution in [0.3, 0.4) is 0 Å². The van der Waals surface area contributed by atoms with Gasteiger partial charge < -0.3 is 15.0 Å². The van der Waals surface area contributed by atoms with E-state index < -0.39 is 0 Å². The van der Waals surface area contributed by atoms with Crippen molar-refractivity contribution in [3.8, 4) is 5.75 Å². The molecule has 0 fully saturated rings. The highest BCUT2D eigenvalue weighted by Crippen LogP contribution is 2.29. The molecule has 5 rings (SSSR count). The van der Waals surface area contributed by atoms with Crippen molar-refractivity contribution >= 4 is 28.3 Å². The van der Waals surface area contributed by atoms with Crippen molar-refractivity contribution in [3.05, 3.63) is 95.6 Å². The zero-order chi connectivity index (χ0) is 21.9. The Morgan fingerprint density at radius 2 is 1.78 bits per heavy atom. The quantitative estimate of drug-likeness (QED) is 0.484. The number of aromatic nitrogens is 1. The molecule has 160 valence electrons. The third-order valence-corrected chi connectivity index (χ3v) is 5.90. The molecule has 4 aromatic rings. The maximum atomic E-state index is 12.4. The number of nitrogens with zero attached hydrogens (tertiary/aromatic N) is 2. The first-order chi connectivity index (χ1) is 15.7. The molecule has 3 aromatic carbocycles. The van der Waals surface area contributed by atoms with Crippen molar-refractivity contribution in [2.75, 3.05) is 23.4 Å². The fourth-order valence-corrected chi connectivity index (χ4v) is 4.14. The lowest BCUT2D eigenvalue weighted by Crippen LogP contribution is -2.30. The van der Waals surface area contributed by atoms with Crippen molar-refractivity contribution in [2.24, 2.45) is 0 Å². The van der Waals surface area contributed by atoms with Gasteiger partial charge in [-0.25, -0.2) is 4.98 Å². The number of benzene rings is 3. The molecular weight excluding hydrogens is 398 g/mol. The Hall–Kier alpha value is -3.86. The van der Waals surface area contributed by atoms with Gasteiger partial charge in [0.2, 0.25) is 0 Å². The minimum atomic E-state index is -0.194. The summed E-state index contributed by atoms with van der Waals surface area (Å²) >= 11 is 0. The van der Waals surface area contributed by atoms with Gasteiger partial charge in [0.25, 0.3) is 5.91 Å². The van der Waals surface area contributed by atoms with E-state index in [0.717, 1.165) is 47.5 Å². The molecule has 0 unspecified atom stereocenters. The molecule has 2 heterocycles. The Labute approximate surface area is 187 Å². The molecule has 32 heavy (non-hydrogen) atoms. The van der Waals surface area contributed by atoms with Gasteiger partial charge in [0.05, 0.1) is 0 Å². The minimum absolute atomic E-state index is 0.0730. The molecule has 5 heteroatoms. The normalized spacial score (nSPS) is 13.0. The first-order valence-corrected chi connectivity index (χ1v) is 10.9. The molecular formula is C27H25N3O2. The fourth-order valence-electron chi connectivity index (χ4n) is 4.14. The Bertz CT molecular complexity index is 1280. The first kappa shape index (κ1) is 20.1. The molecule has 0 spiro atoms. The summed E-state index contributed by atoms with van der Waals surface area (Å²) in [7, 11) is 0. The molecule has 0 radical (unpaired) electrons. The van der Waals surface area contributed by atoms with Gasteiger partial charge in [-0.15, -0.1) is 0 Å². The van der Waals surface area contributed by atoms with E-state index in [0.29, 0.717) is 5.75 Å². The highest BCUT2D eigenvalue weighted by Gasteiger charge is 2.18. The number of carbonyl (C=O) groups is 1. The van der Waals surface area contributed by atoms with E-state index in [9.17, 15) is 4.79 Å². The van der Waals surface area contributed by atoms with Crippen molar-refractivity contribution in [2.45, 2.75) is 19.9 Å². The van der Waals surface area contributed by atoms with Gasteiger partial charge in [-0.05, 0) is 54.3 Å². The number of fused-ring (bicyclic) bond motifs is 2. The number of para-hydroxylation sites is 2. The largest absolute Gasteiger partial charge is 0.481 e. The zero-order valence-corrected chi connectivity index (χ0v) is 18.0. The second kappa shape index (κ2) is 8.71. The predicted octanol–water partition coefficient (Wildman–Crippen LogP) is 5.12. The van der Waals surface area contributed by atoms with Gasteiger partial charge in [0.1, 0.15) is 17.1 Å². The van der Waals surface area contributed by atoms with E-state index in [1.54, 1.807) is 0 Å². The molecule has 1 amide bonds. The molecule has 0 saturated heterocycles. The Balaban J connectivity index is 1.34. The summed E-state index contributed by atoms with van der Waals surface area (Å²) in [4.78, 5) is 19.7. The summed E-state index contributed by atoms with van der Waals surface area (Å²) in [6.07, 6.45) is 1.01. The first-order valence-electron chi connectivity index (χ1n) is 10.9. The molecule has 0 saturated carbocycles. The number of hydrogen-bond acceptors (Lipinski definition) is 4. The molecule has 1 aliphatic heterocycles. The molecule has 0 atom stereocenters. The fraction of sp³-hybridized carbons (Fsp3) is 0.185. The van der Waals surface area contributed by atoms with Crippen molar-refractivity contribution in [1.82, 2.24) is 4.98 Å². The van der Waals surface area contributed by atoms with Crippen LogP contribution in [0.15, 0.2) is 78.9 Å². The topological polar surface area (TPSA) is 54.5 Å². The second-order valence-electron chi connectivity index (χ2n) is 8.09. The predicted molar refractivity (Wildman–Crippen MR) is 128 cm³/mol. The van der Waals surface area contributed by atoms with Gasteiger partial charge in [0.15, 0.2) is 6.61 Å². The number of carbonyl (C=O) groups excluding carboxylic acids is 1. The molecule has 1 aliphatic rings. The Morgan fingerprint density at radius 3 is 2.66 bits per heavy atom. The Morgan fingerprint density at radius 1 is 0.969 bits per heavy atom. The van der Waals surface area contributed by atoms with Crippen LogP contribution >= 0.6 is 0 Å².